The van der Waals surface area contributed by atoms with Gasteiger partial charge in [-0.15, -0.1) is 6.42 Å². The Balaban J connectivity index is 2.82. The van der Waals surface area contributed by atoms with E-state index in [0.717, 1.165) is 0 Å². The van der Waals surface area contributed by atoms with Gasteiger partial charge in [0.2, 0.25) is 5.76 Å². The molecule has 0 aromatic carbocycles. The lowest BCUT2D eigenvalue weighted by molar-refractivity contribution is 0.0663. The van der Waals surface area contributed by atoms with E-state index < -0.39 is 11.5 Å². The molecule has 0 spiro atoms. The molecular weight excluding hydrogens is 194 g/mol. The van der Waals surface area contributed by atoms with Crippen LogP contribution in [0.15, 0.2) is 16.5 Å². The minimum atomic E-state index is -1.10. The van der Waals surface area contributed by atoms with Crippen molar-refractivity contribution in [1.82, 2.24) is 0 Å². The average molecular weight is 207 g/mol. The molecule has 0 bridgehead atoms. The average Bonchev–Trinajstić information content (AvgIpc) is 2.66. The van der Waals surface area contributed by atoms with Crippen LogP contribution in [-0.4, -0.2) is 16.6 Å². The first-order chi connectivity index (χ1) is 7.00. The van der Waals surface area contributed by atoms with Crippen molar-refractivity contribution in [1.29, 1.82) is 0 Å². The van der Waals surface area contributed by atoms with Crippen LogP contribution in [-0.2, 0) is 0 Å². The van der Waals surface area contributed by atoms with Gasteiger partial charge in [0.1, 0.15) is 0 Å². The molecule has 0 aliphatic carbocycles. The molecule has 0 fully saturated rings. The number of rotatable bonds is 4. The molecule has 0 aliphatic heterocycles. The Bertz CT molecular complexity index is 402. The van der Waals surface area contributed by atoms with Gasteiger partial charge in [0, 0.05) is 6.07 Å². The van der Waals surface area contributed by atoms with E-state index in [1.165, 1.54) is 6.07 Å². The van der Waals surface area contributed by atoms with Crippen molar-refractivity contribution >= 4 is 11.9 Å². The lowest BCUT2D eigenvalue weighted by atomic mass is 10.0. The Hall–Kier alpha value is -1.89. The lowest BCUT2D eigenvalue weighted by Gasteiger charge is -2.22. The number of hydrogen-bond acceptors (Lipinski definition) is 3. The van der Waals surface area contributed by atoms with E-state index >= 15 is 0 Å². The van der Waals surface area contributed by atoms with Crippen LogP contribution in [0.2, 0.25) is 0 Å². The fourth-order valence-corrected chi connectivity index (χ4v) is 1.02. The second-order valence-corrected chi connectivity index (χ2v) is 3.42. The van der Waals surface area contributed by atoms with Gasteiger partial charge in [0.15, 0.2) is 5.88 Å². The summed E-state index contributed by atoms with van der Waals surface area (Å²) >= 11 is 0. The third kappa shape index (κ3) is 2.53. The molecule has 2 N–H and O–H groups in total. The van der Waals surface area contributed by atoms with Crippen molar-refractivity contribution in [3.05, 3.63) is 17.9 Å². The number of terminal acetylenes is 1. The van der Waals surface area contributed by atoms with E-state index in [2.05, 4.69) is 11.2 Å². The number of nitrogens with one attached hydrogen (secondary N) is 1. The largest absolute Gasteiger partial charge is 0.475 e. The normalized spacial score (nSPS) is 13.9. The molecule has 0 aliphatic rings. The third-order valence-electron chi connectivity index (χ3n) is 2.24. The third-order valence-corrected chi connectivity index (χ3v) is 2.24. The molecule has 1 aromatic rings. The molecule has 0 saturated heterocycles. The van der Waals surface area contributed by atoms with Gasteiger partial charge in [-0.3, -0.25) is 0 Å². The molecule has 0 amide bonds. The van der Waals surface area contributed by atoms with E-state index in [4.69, 9.17) is 15.9 Å². The predicted molar refractivity (Wildman–Crippen MR) is 56.8 cm³/mol. The second kappa shape index (κ2) is 4.09. The number of aromatic carboxylic acids is 1. The van der Waals surface area contributed by atoms with Crippen LogP contribution in [0.1, 0.15) is 30.8 Å². The molecular formula is C11H13NO3. The second-order valence-electron chi connectivity index (χ2n) is 3.42. The monoisotopic (exact) mass is 207 g/mol. The van der Waals surface area contributed by atoms with Crippen molar-refractivity contribution in [3.63, 3.8) is 0 Å². The topological polar surface area (TPSA) is 62.5 Å². The number of carboxylic acids is 1. The Kier molecular flexibility index (Phi) is 3.05. The van der Waals surface area contributed by atoms with Gasteiger partial charge < -0.3 is 14.8 Å². The molecule has 0 saturated carbocycles. The highest BCUT2D eigenvalue weighted by Crippen LogP contribution is 2.20. The molecule has 1 atom stereocenters. The van der Waals surface area contributed by atoms with E-state index in [0.29, 0.717) is 12.3 Å². The van der Waals surface area contributed by atoms with Gasteiger partial charge in [0.05, 0.1) is 5.54 Å². The molecule has 4 nitrogen and oxygen atoms in total. The summed E-state index contributed by atoms with van der Waals surface area (Å²) in [6.07, 6.45) is 6.08. The fraction of sp³-hybridized carbons (Fsp3) is 0.364. The number of carbonyl (C=O) groups is 1. The maximum absolute atomic E-state index is 10.6. The summed E-state index contributed by atoms with van der Waals surface area (Å²) in [5, 5.41) is 11.6. The minimum Gasteiger partial charge on any atom is -0.475 e. The van der Waals surface area contributed by atoms with Crippen LogP contribution in [0.3, 0.4) is 0 Å². The summed E-state index contributed by atoms with van der Waals surface area (Å²) in [6, 6.07) is 2.94. The van der Waals surface area contributed by atoms with Crippen molar-refractivity contribution in [3.8, 4) is 12.3 Å². The molecule has 1 rings (SSSR count). The SMILES string of the molecule is C#CC(C)(CC)Nc1ccc(C(=O)O)o1. The number of anilines is 1. The quantitative estimate of drug-likeness (QED) is 0.743. The van der Waals surface area contributed by atoms with Gasteiger partial charge in [0.25, 0.3) is 0 Å². The van der Waals surface area contributed by atoms with Gasteiger partial charge in [-0.2, -0.15) is 0 Å². The Morgan fingerprint density at radius 2 is 2.40 bits per heavy atom. The summed E-state index contributed by atoms with van der Waals surface area (Å²) in [7, 11) is 0. The molecule has 80 valence electrons. The first kappa shape index (κ1) is 11.2. The summed E-state index contributed by atoms with van der Waals surface area (Å²) in [4.78, 5) is 10.6. The highest BCUT2D eigenvalue weighted by molar-refractivity contribution is 5.84. The van der Waals surface area contributed by atoms with Gasteiger partial charge in [-0.1, -0.05) is 12.8 Å². The number of furan rings is 1. The maximum Gasteiger partial charge on any atom is 0.371 e. The molecule has 15 heavy (non-hydrogen) atoms. The molecule has 0 radical (unpaired) electrons. The van der Waals surface area contributed by atoms with Crippen molar-refractivity contribution < 1.29 is 14.3 Å². The maximum atomic E-state index is 10.6. The van der Waals surface area contributed by atoms with Crippen LogP contribution in [0.25, 0.3) is 0 Å². The van der Waals surface area contributed by atoms with Gasteiger partial charge in [-0.05, 0) is 19.4 Å². The van der Waals surface area contributed by atoms with Gasteiger partial charge in [-0.25, -0.2) is 4.79 Å². The first-order valence-electron chi connectivity index (χ1n) is 4.60. The van der Waals surface area contributed by atoms with Gasteiger partial charge >= 0.3 is 5.97 Å². The van der Waals surface area contributed by atoms with Crippen LogP contribution in [0.5, 0.6) is 0 Å². The van der Waals surface area contributed by atoms with Crippen molar-refractivity contribution in [2.24, 2.45) is 0 Å². The molecule has 1 aromatic heterocycles. The Morgan fingerprint density at radius 3 is 2.80 bits per heavy atom. The van der Waals surface area contributed by atoms with Crippen LogP contribution < -0.4 is 5.32 Å². The van der Waals surface area contributed by atoms with Crippen LogP contribution >= 0.6 is 0 Å². The summed E-state index contributed by atoms with van der Waals surface area (Å²) in [5.41, 5.74) is -0.520. The zero-order valence-corrected chi connectivity index (χ0v) is 8.70. The van der Waals surface area contributed by atoms with Crippen LogP contribution in [0.4, 0.5) is 5.88 Å². The predicted octanol–water partition coefficient (Wildman–Crippen LogP) is 2.19. The van der Waals surface area contributed by atoms with E-state index in [-0.39, 0.29) is 5.76 Å². The highest BCUT2D eigenvalue weighted by atomic mass is 16.4. The standard InChI is InChI=1S/C11H13NO3/c1-4-11(3,5-2)12-9-7-6-8(15-9)10(13)14/h1,6-7,12H,5H2,2-3H3,(H,13,14). The highest BCUT2D eigenvalue weighted by Gasteiger charge is 2.20. The number of hydrogen-bond donors (Lipinski definition) is 2. The van der Waals surface area contributed by atoms with E-state index in [1.807, 2.05) is 13.8 Å². The fourth-order valence-electron chi connectivity index (χ4n) is 1.02. The molecule has 4 heteroatoms. The van der Waals surface area contributed by atoms with Crippen molar-refractivity contribution in [2.45, 2.75) is 25.8 Å². The van der Waals surface area contributed by atoms with E-state index in [1.54, 1.807) is 6.07 Å². The molecule has 1 heterocycles. The van der Waals surface area contributed by atoms with E-state index in [9.17, 15) is 4.79 Å². The zero-order valence-electron chi connectivity index (χ0n) is 8.70. The minimum absolute atomic E-state index is 0.104. The first-order valence-corrected chi connectivity index (χ1v) is 4.60. The summed E-state index contributed by atoms with van der Waals surface area (Å²) < 4.78 is 5.04. The Labute approximate surface area is 88.3 Å². The molecule has 1 unspecified atom stereocenters. The summed E-state index contributed by atoms with van der Waals surface area (Å²) in [6.45, 7) is 3.78. The summed E-state index contributed by atoms with van der Waals surface area (Å²) in [5.74, 6) is 1.77. The smallest absolute Gasteiger partial charge is 0.371 e. The lowest BCUT2D eigenvalue weighted by Crippen LogP contribution is -2.31. The van der Waals surface area contributed by atoms with Crippen LogP contribution in [0, 0.1) is 12.3 Å². The van der Waals surface area contributed by atoms with Crippen molar-refractivity contribution in [2.75, 3.05) is 5.32 Å². The number of carboxylic acid groups (broad SMARTS) is 1. The Morgan fingerprint density at radius 1 is 1.73 bits per heavy atom. The zero-order chi connectivity index (χ0) is 11.5.